The minimum atomic E-state index is -3.61. The second kappa shape index (κ2) is 7.35. The van der Waals surface area contributed by atoms with E-state index in [9.17, 15) is 8.42 Å². The van der Waals surface area contributed by atoms with Crippen molar-refractivity contribution in [1.29, 1.82) is 0 Å². The topological polar surface area (TPSA) is 76.3 Å². The van der Waals surface area contributed by atoms with Crippen LogP contribution in [0.1, 0.15) is 29.5 Å². The number of nitrogens with zero attached hydrogens (tertiary/aromatic N) is 3. The first-order chi connectivity index (χ1) is 12.9. The lowest BCUT2D eigenvalue weighted by atomic mass is 10.00. The Morgan fingerprint density at radius 2 is 2.11 bits per heavy atom. The molecule has 1 aliphatic rings. The maximum Gasteiger partial charge on any atom is 0.257 e. The van der Waals surface area contributed by atoms with E-state index in [-0.39, 0.29) is 10.8 Å². The molecule has 142 valence electrons. The van der Waals surface area contributed by atoms with Gasteiger partial charge in [-0.15, -0.1) is 21.5 Å². The molecule has 1 aliphatic heterocycles. The molecular weight excluding hydrogens is 406 g/mol. The Balaban J connectivity index is 1.56. The lowest BCUT2D eigenvalue weighted by Crippen LogP contribution is -2.39. The van der Waals surface area contributed by atoms with Gasteiger partial charge in [0.1, 0.15) is 0 Å². The van der Waals surface area contributed by atoms with Gasteiger partial charge in [-0.2, -0.15) is 4.31 Å². The predicted octanol–water partition coefficient (Wildman–Crippen LogP) is 4.33. The van der Waals surface area contributed by atoms with Crippen molar-refractivity contribution in [2.24, 2.45) is 0 Å². The molecule has 3 aromatic rings. The van der Waals surface area contributed by atoms with Crippen LogP contribution in [0.4, 0.5) is 0 Å². The fraction of sp³-hybridized carbons (Fsp3) is 0.333. The normalized spacial score (nSPS) is 18.7. The number of aryl methyl sites for hydroxylation is 1. The van der Waals surface area contributed by atoms with E-state index in [1.165, 1.54) is 15.2 Å². The molecule has 0 bridgehead atoms. The Hall–Kier alpha value is -1.74. The van der Waals surface area contributed by atoms with Crippen LogP contribution in [-0.4, -0.2) is 36.0 Å². The molecule has 4 rings (SSSR count). The van der Waals surface area contributed by atoms with Crippen LogP contribution in [0, 0.1) is 6.92 Å². The summed E-state index contributed by atoms with van der Waals surface area (Å²) in [5.74, 6) is 0.856. The van der Waals surface area contributed by atoms with E-state index in [4.69, 9.17) is 16.0 Å². The third-order valence-corrected chi connectivity index (χ3v) is 7.64. The van der Waals surface area contributed by atoms with E-state index in [1.54, 1.807) is 29.5 Å². The van der Waals surface area contributed by atoms with Crippen LogP contribution < -0.4 is 0 Å². The van der Waals surface area contributed by atoms with Crippen molar-refractivity contribution < 1.29 is 12.8 Å². The van der Waals surface area contributed by atoms with Gasteiger partial charge in [0.25, 0.3) is 5.89 Å². The first-order valence-corrected chi connectivity index (χ1v) is 11.2. The van der Waals surface area contributed by atoms with Crippen molar-refractivity contribution in [2.75, 3.05) is 13.1 Å². The Kier molecular flexibility index (Phi) is 5.07. The fourth-order valence-corrected chi connectivity index (χ4v) is 5.80. The van der Waals surface area contributed by atoms with Crippen LogP contribution in [0.25, 0.3) is 10.8 Å². The standard InChI is InChI=1S/C18H18ClN3O3S2/c1-12-7-8-16(26-12)18-21-20-17(25-18)13-4-3-9-22(11-13)27(23,24)15-6-2-5-14(19)10-15/h2,5-8,10,13H,3-4,9,11H2,1H3. The number of halogens is 1. The second-order valence-electron chi connectivity index (χ2n) is 6.52. The van der Waals surface area contributed by atoms with Crippen molar-refractivity contribution >= 4 is 33.0 Å². The van der Waals surface area contributed by atoms with E-state index in [2.05, 4.69) is 10.2 Å². The van der Waals surface area contributed by atoms with Gasteiger partial charge in [-0.3, -0.25) is 0 Å². The van der Waals surface area contributed by atoms with Crippen LogP contribution in [0.3, 0.4) is 0 Å². The minimum absolute atomic E-state index is 0.116. The van der Waals surface area contributed by atoms with Crippen molar-refractivity contribution in [3.8, 4) is 10.8 Å². The molecule has 27 heavy (non-hydrogen) atoms. The number of rotatable bonds is 4. The molecule has 0 radical (unpaired) electrons. The average Bonchev–Trinajstić information content (AvgIpc) is 3.31. The molecule has 9 heteroatoms. The highest BCUT2D eigenvalue weighted by Crippen LogP contribution is 2.33. The van der Waals surface area contributed by atoms with Crippen LogP contribution in [0.2, 0.25) is 5.02 Å². The fourth-order valence-electron chi connectivity index (χ4n) is 3.19. The number of piperidine rings is 1. The number of aromatic nitrogens is 2. The van der Waals surface area contributed by atoms with Crippen molar-refractivity contribution in [2.45, 2.75) is 30.6 Å². The van der Waals surface area contributed by atoms with Crippen molar-refractivity contribution in [1.82, 2.24) is 14.5 Å². The maximum absolute atomic E-state index is 12.9. The lowest BCUT2D eigenvalue weighted by molar-refractivity contribution is 0.286. The minimum Gasteiger partial charge on any atom is -0.420 e. The van der Waals surface area contributed by atoms with Gasteiger partial charge in [0.2, 0.25) is 15.9 Å². The number of hydrogen-bond acceptors (Lipinski definition) is 6. The summed E-state index contributed by atoms with van der Waals surface area (Å²) in [5.41, 5.74) is 0. The Morgan fingerprint density at radius 1 is 1.26 bits per heavy atom. The van der Waals surface area contributed by atoms with Crippen molar-refractivity contribution in [3.63, 3.8) is 0 Å². The van der Waals surface area contributed by atoms with Gasteiger partial charge in [0, 0.05) is 23.0 Å². The number of hydrogen-bond donors (Lipinski definition) is 0. The first kappa shape index (κ1) is 18.6. The number of sulfonamides is 1. The molecule has 1 aromatic carbocycles. The molecular formula is C18H18ClN3O3S2. The van der Waals surface area contributed by atoms with Gasteiger partial charge in [0.05, 0.1) is 15.7 Å². The Labute approximate surface area is 166 Å². The van der Waals surface area contributed by atoms with Gasteiger partial charge in [-0.1, -0.05) is 17.7 Å². The third-order valence-electron chi connectivity index (χ3n) is 4.56. The highest BCUT2D eigenvalue weighted by Gasteiger charge is 2.33. The highest BCUT2D eigenvalue weighted by molar-refractivity contribution is 7.89. The highest BCUT2D eigenvalue weighted by atomic mass is 35.5. The molecule has 3 heterocycles. The van der Waals surface area contributed by atoms with Gasteiger partial charge in [0.15, 0.2) is 0 Å². The molecule has 6 nitrogen and oxygen atoms in total. The summed E-state index contributed by atoms with van der Waals surface area (Å²) in [4.78, 5) is 2.29. The van der Waals surface area contributed by atoms with Crippen LogP contribution in [0.5, 0.6) is 0 Å². The van der Waals surface area contributed by atoms with E-state index in [0.29, 0.717) is 29.9 Å². The third kappa shape index (κ3) is 3.80. The predicted molar refractivity (Wildman–Crippen MR) is 105 cm³/mol. The molecule has 0 spiro atoms. The molecule has 0 amide bonds. The maximum atomic E-state index is 12.9. The molecule has 2 aromatic heterocycles. The Bertz CT molecular complexity index is 1060. The molecule has 1 fully saturated rings. The van der Waals surface area contributed by atoms with Crippen LogP contribution in [-0.2, 0) is 10.0 Å². The van der Waals surface area contributed by atoms with Gasteiger partial charge < -0.3 is 4.42 Å². The zero-order valence-corrected chi connectivity index (χ0v) is 17.0. The van der Waals surface area contributed by atoms with Crippen molar-refractivity contribution in [3.05, 3.63) is 52.2 Å². The van der Waals surface area contributed by atoms with E-state index < -0.39 is 10.0 Å². The smallest absolute Gasteiger partial charge is 0.257 e. The molecule has 1 atom stereocenters. The number of thiophene rings is 1. The molecule has 0 saturated carbocycles. The monoisotopic (exact) mass is 423 g/mol. The first-order valence-electron chi connectivity index (χ1n) is 8.59. The largest absolute Gasteiger partial charge is 0.420 e. The van der Waals surface area contributed by atoms with Gasteiger partial charge in [-0.25, -0.2) is 8.42 Å². The van der Waals surface area contributed by atoms with Gasteiger partial charge in [-0.05, 0) is 50.1 Å². The molecule has 1 saturated heterocycles. The van der Waals surface area contributed by atoms with E-state index in [1.807, 2.05) is 19.1 Å². The summed E-state index contributed by atoms with van der Waals surface area (Å²) in [6, 6.07) is 10.3. The van der Waals surface area contributed by atoms with Crippen LogP contribution >= 0.6 is 22.9 Å². The second-order valence-corrected chi connectivity index (χ2v) is 10.2. The summed E-state index contributed by atoms with van der Waals surface area (Å²) in [7, 11) is -3.61. The zero-order chi connectivity index (χ0) is 19.0. The van der Waals surface area contributed by atoms with E-state index >= 15 is 0 Å². The summed E-state index contributed by atoms with van der Waals surface area (Å²) >= 11 is 7.55. The van der Waals surface area contributed by atoms with Gasteiger partial charge >= 0.3 is 0 Å². The lowest BCUT2D eigenvalue weighted by Gasteiger charge is -2.30. The molecule has 0 N–H and O–H groups in total. The summed E-state index contributed by atoms with van der Waals surface area (Å²) in [6.07, 6.45) is 1.55. The zero-order valence-electron chi connectivity index (χ0n) is 14.6. The van der Waals surface area contributed by atoms with E-state index in [0.717, 1.165) is 17.7 Å². The summed E-state index contributed by atoms with van der Waals surface area (Å²) < 4.78 is 33.2. The molecule has 1 unspecified atom stereocenters. The summed E-state index contributed by atoms with van der Waals surface area (Å²) in [5, 5.41) is 8.72. The Morgan fingerprint density at radius 3 is 2.85 bits per heavy atom. The quantitative estimate of drug-likeness (QED) is 0.624. The SMILES string of the molecule is Cc1ccc(-c2nnc(C3CCCN(S(=O)(=O)c4cccc(Cl)c4)C3)o2)s1. The average molecular weight is 424 g/mol. The number of benzene rings is 1. The molecule has 0 aliphatic carbocycles. The van der Waals surface area contributed by atoms with Crippen LogP contribution in [0.15, 0.2) is 45.7 Å². The summed E-state index contributed by atoms with van der Waals surface area (Å²) in [6.45, 7) is 2.81.